The zero-order chi connectivity index (χ0) is 13.2. The first-order valence-electron chi connectivity index (χ1n) is 6.63. The summed E-state index contributed by atoms with van der Waals surface area (Å²) in [6.45, 7) is 0.352. The van der Waals surface area contributed by atoms with Crippen LogP contribution in [0.1, 0.15) is 24.6 Å². The zero-order valence-electron chi connectivity index (χ0n) is 10.6. The van der Waals surface area contributed by atoms with Crippen LogP contribution in [-0.4, -0.2) is 34.9 Å². The molecule has 2 heterocycles. The summed E-state index contributed by atoms with van der Waals surface area (Å²) in [5.41, 5.74) is 0.837. The van der Waals surface area contributed by atoms with Crippen LogP contribution in [0.3, 0.4) is 0 Å². The van der Waals surface area contributed by atoms with E-state index in [4.69, 9.17) is 0 Å². The Kier molecular flexibility index (Phi) is 3.75. The SMILES string of the molecule is O=C1CNC(c2cccc(F)c2)N1C1CCSCC1. The highest BCUT2D eigenvalue weighted by molar-refractivity contribution is 7.99. The average Bonchev–Trinajstić information content (AvgIpc) is 2.82. The van der Waals surface area contributed by atoms with Crippen LogP contribution in [0, 0.1) is 5.82 Å². The second-order valence-electron chi connectivity index (χ2n) is 4.98. The van der Waals surface area contributed by atoms with Gasteiger partial charge in [-0.25, -0.2) is 4.39 Å². The predicted octanol–water partition coefficient (Wildman–Crippen LogP) is 2.15. The third-order valence-corrected chi connectivity index (χ3v) is 4.81. The van der Waals surface area contributed by atoms with Crippen molar-refractivity contribution >= 4 is 17.7 Å². The van der Waals surface area contributed by atoms with Gasteiger partial charge in [0.15, 0.2) is 0 Å². The molecule has 0 saturated carbocycles. The maximum absolute atomic E-state index is 13.4. The number of halogens is 1. The van der Waals surface area contributed by atoms with E-state index in [0.29, 0.717) is 6.54 Å². The van der Waals surface area contributed by atoms with E-state index in [1.54, 1.807) is 6.07 Å². The first-order valence-corrected chi connectivity index (χ1v) is 7.79. The summed E-state index contributed by atoms with van der Waals surface area (Å²) in [7, 11) is 0. The second-order valence-corrected chi connectivity index (χ2v) is 6.21. The molecular formula is C14H17FN2OS. The number of thioether (sulfide) groups is 1. The Labute approximate surface area is 116 Å². The van der Waals surface area contributed by atoms with Gasteiger partial charge in [0.05, 0.1) is 6.54 Å². The molecule has 2 saturated heterocycles. The number of carbonyl (C=O) groups excluding carboxylic acids is 1. The van der Waals surface area contributed by atoms with Crippen LogP contribution in [0.25, 0.3) is 0 Å². The predicted molar refractivity (Wildman–Crippen MR) is 74.3 cm³/mol. The average molecular weight is 280 g/mol. The fourth-order valence-electron chi connectivity index (χ4n) is 2.85. The van der Waals surface area contributed by atoms with Crippen LogP contribution in [0.4, 0.5) is 4.39 Å². The van der Waals surface area contributed by atoms with Crippen molar-refractivity contribution in [1.29, 1.82) is 0 Å². The Morgan fingerprint density at radius 3 is 2.84 bits per heavy atom. The van der Waals surface area contributed by atoms with E-state index in [-0.39, 0.29) is 23.9 Å². The smallest absolute Gasteiger partial charge is 0.238 e. The van der Waals surface area contributed by atoms with Crippen molar-refractivity contribution in [3.63, 3.8) is 0 Å². The van der Waals surface area contributed by atoms with Crippen molar-refractivity contribution in [3.05, 3.63) is 35.6 Å². The lowest BCUT2D eigenvalue weighted by molar-refractivity contribution is -0.130. The van der Waals surface area contributed by atoms with Gasteiger partial charge < -0.3 is 4.90 Å². The lowest BCUT2D eigenvalue weighted by atomic mass is 10.1. The van der Waals surface area contributed by atoms with Gasteiger partial charge in [-0.1, -0.05) is 12.1 Å². The number of rotatable bonds is 2. The molecule has 1 aromatic rings. The molecule has 3 rings (SSSR count). The summed E-state index contributed by atoms with van der Waals surface area (Å²) in [5, 5.41) is 3.20. The van der Waals surface area contributed by atoms with Crippen molar-refractivity contribution < 1.29 is 9.18 Å². The number of carbonyl (C=O) groups is 1. The number of nitrogens with zero attached hydrogens (tertiary/aromatic N) is 1. The van der Waals surface area contributed by atoms with Crippen molar-refractivity contribution in [2.75, 3.05) is 18.1 Å². The van der Waals surface area contributed by atoms with Crippen LogP contribution >= 0.6 is 11.8 Å². The molecule has 102 valence electrons. The van der Waals surface area contributed by atoms with Crippen LogP contribution < -0.4 is 5.32 Å². The Morgan fingerprint density at radius 2 is 2.11 bits per heavy atom. The van der Waals surface area contributed by atoms with Crippen LogP contribution in [0.15, 0.2) is 24.3 Å². The molecule has 0 radical (unpaired) electrons. The molecule has 0 aliphatic carbocycles. The molecule has 3 nitrogen and oxygen atoms in total. The maximum atomic E-state index is 13.4. The van der Waals surface area contributed by atoms with Gasteiger partial charge in [-0.05, 0) is 42.0 Å². The number of benzene rings is 1. The Hall–Kier alpha value is -1.07. The molecule has 0 aromatic heterocycles. The van der Waals surface area contributed by atoms with E-state index in [9.17, 15) is 9.18 Å². The zero-order valence-corrected chi connectivity index (χ0v) is 11.5. The van der Waals surface area contributed by atoms with E-state index in [1.165, 1.54) is 12.1 Å². The molecule has 2 aliphatic heterocycles. The summed E-state index contributed by atoms with van der Waals surface area (Å²) in [6, 6.07) is 6.81. The molecule has 2 fully saturated rings. The molecule has 1 N–H and O–H groups in total. The van der Waals surface area contributed by atoms with Crippen LogP contribution in [0.5, 0.6) is 0 Å². The van der Waals surface area contributed by atoms with Gasteiger partial charge in [0.1, 0.15) is 12.0 Å². The molecule has 5 heteroatoms. The first kappa shape index (κ1) is 12.9. The third-order valence-electron chi connectivity index (χ3n) is 3.76. The largest absolute Gasteiger partial charge is 0.319 e. The molecule has 0 bridgehead atoms. The minimum absolute atomic E-state index is 0.131. The molecular weight excluding hydrogens is 263 g/mol. The maximum Gasteiger partial charge on any atom is 0.238 e. The molecule has 0 spiro atoms. The molecule has 2 aliphatic rings. The number of hydrogen-bond donors (Lipinski definition) is 1. The molecule has 1 amide bonds. The molecule has 1 aromatic carbocycles. The summed E-state index contributed by atoms with van der Waals surface area (Å²) in [4.78, 5) is 14.0. The van der Waals surface area contributed by atoms with E-state index in [0.717, 1.165) is 29.9 Å². The summed E-state index contributed by atoms with van der Waals surface area (Å²) < 4.78 is 13.4. The van der Waals surface area contributed by atoms with Crippen molar-refractivity contribution in [2.45, 2.75) is 25.0 Å². The summed E-state index contributed by atoms with van der Waals surface area (Å²) >= 11 is 1.94. The van der Waals surface area contributed by atoms with Crippen molar-refractivity contribution in [1.82, 2.24) is 10.2 Å². The highest BCUT2D eigenvalue weighted by Crippen LogP contribution is 2.31. The topological polar surface area (TPSA) is 32.3 Å². The molecule has 1 atom stereocenters. The van der Waals surface area contributed by atoms with Crippen LogP contribution in [0.2, 0.25) is 0 Å². The number of nitrogens with one attached hydrogen (secondary N) is 1. The highest BCUT2D eigenvalue weighted by Gasteiger charge is 2.37. The minimum atomic E-state index is -0.252. The fourth-order valence-corrected chi connectivity index (χ4v) is 3.93. The van der Waals surface area contributed by atoms with E-state index in [2.05, 4.69) is 5.32 Å². The first-order chi connectivity index (χ1) is 9.25. The van der Waals surface area contributed by atoms with Gasteiger partial charge in [-0.2, -0.15) is 11.8 Å². The van der Waals surface area contributed by atoms with Crippen molar-refractivity contribution in [3.8, 4) is 0 Å². The quantitative estimate of drug-likeness (QED) is 0.901. The van der Waals surface area contributed by atoms with Crippen molar-refractivity contribution in [2.24, 2.45) is 0 Å². The van der Waals surface area contributed by atoms with Gasteiger partial charge in [-0.3, -0.25) is 10.1 Å². The molecule has 1 unspecified atom stereocenters. The monoisotopic (exact) mass is 280 g/mol. The van der Waals surface area contributed by atoms with Gasteiger partial charge in [0, 0.05) is 6.04 Å². The van der Waals surface area contributed by atoms with Gasteiger partial charge in [0.25, 0.3) is 0 Å². The van der Waals surface area contributed by atoms with E-state index < -0.39 is 0 Å². The second kappa shape index (κ2) is 5.51. The highest BCUT2D eigenvalue weighted by atomic mass is 32.2. The molecule has 19 heavy (non-hydrogen) atoms. The van der Waals surface area contributed by atoms with E-state index in [1.807, 2.05) is 22.7 Å². The summed E-state index contributed by atoms with van der Waals surface area (Å²) in [5.74, 6) is 2.08. The lowest BCUT2D eigenvalue weighted by Crippen LogP contribution is -2.41. The normalized spacial score (nSPS) is 25.0. The summed E-state index contributed by atoms with van der Waals surface area (Å²) in [6.07, 6.45) is 1.89. The Bertz CT molecular complexity index is 476. The number of hydrogen-bond acceptors (Lipinski definition) is 3. The Balaban J connectivity index is 1.85. The van der Waals surface area contributed by atoms with Gasteiger partial charge in [-0.15, -0.1) is 0 Å². The van der Waals surface area contributed by atoms with Gasteiger partial charge >= 0.3 is 0 Å². The van der Waals surface area contributed by atoms with Gasteiger partial charge in [0.2, 0.25) is 5.91 Å². The number of amides is 1. The Morgan fingerprint density at radius 1 is 1.32 bits per heavy atom. The van der Waals surface area contributed by atoms with E-state index >= 15 is 0 Å². The minimum Gasteiger partial charge on any atom is -0.319 e. The standard InChI is InChI=1S/C14H17FN2OS/c15-11-3-1-2-10(8-11)14-16-9-13(18)17(14)12-4-6-19-7-5-12/h1-3,8,12,14,16H,4-7,9H2. The lowest BCUT2D eigenvalue weighted by Gasteiger charge is -2.35. The fraction of sp³-hybridized carbons (Fsp3) is 0.500. The third kappa shape index (κ3) is 2.62. The van der Waals surface area contributed by atoms with Crippen LogP contribution in [-0.2, 0) is 4.79 Å².